The predicted molar refractivity (Wildman–Crippen MR) is 77.6 cm³/mol. The predicted octanol–water partition coefficient (Wildman–Crippen LogP) is -0.439. The number of likely N-dealkylation sites (N-methyl/N-ethyl adjacent to an activating group) is 1. The fourth-order valence-corrected chi connectivity index (χ4v) is 2.35. The van der Waals surface area contributed by atoms with E-state index in [1.54, 1.807) is 6.08 Å². The third-order valence-corrected chi connectivity index (χ3v) is 3.97. The largest absolute Gasteiger partial charge is 0.371 e. The minimum atomic E-state index is -3.14. The van der Waals surface area contributed by atoms with Crippen molar-refractivity contribution in [3.63, 3.8) is 0 Å². The third kappa shape index (κ3) is 4.94. The summed E-state index contributed by atoms with van der Waals surface area (Å²) in [6, 6.07) is 0. The van der Waals surface area contributed by atoms with Crippen LogP contribution in [0.25, 0.3) is 0 Å². The third-order valence-electron chi connectivity index (χ3n) is 3.25. The number of nitrogens with one attached hydrogen (secondary N) is 1. The first-order chi connectivity index (χ1) is 8.65. The van der Waals surface area contributed by atoms with Crippen LogP contribution in [0.1, 0.15) is 13.8 Å². The first kappa shape index (κ1) is 16.2. The molecule has 0 spiro atoms. The minimum absolute atomic E-state index is 0.0319. The Kier molecular flexibility index (Phi) is 5.14. The molecule has 0 saturated carbocycles. The molecular weight excluding hydrogens is 264 g/mol. The molecule has 1 aliphatic rings. The van der Waals surface area contributed by atoms with Gasteiger partial charge in [-0.1, -0.05) is 13.0 Å². The SMILES string of the molecule is CCN(CCNS(C)(=O)=O)C1=CC(C)C(N)(N)C=C1. The molecule has 0 bridgehead atoms. The van der Waals surface area contributed by atoms with Crippen LogP contribution in [0.5, 0.6) is 0 Å². The second kappa shape index (κ2) is 6.04. The number of hydrogen-bond acceptors (Lipinski definition) is 5. The smallest absolute Gasteiger partial charge is 0.208 e. The van der Waals surface area contributed by atoms with Gasteiger partial charge in [-0.3, -0.25) is 0 Å². The highest BCUT2D eigenvalue weighted by molar-refractivity contribution is 7.88. The topological polar surface area (TPSA) is 101 Å². The highest BCUT2D eigenvalue weighted by atomic mass is 32.2. The van der Waals surface area contributed by atoms with Crippen LogP contribution in [0.3, 0.4) is 0 Å². The van der Waals surface area contributed by atoms with Gasteiger partial charge in [-0.15, -0.1) is 0 Å². The molecule has 1 unspecified atom stereocenters. The van der Waals surface area contributed by atoms with Gasteiger partial charge in [-0.25, -0.2) is 13.1 Å². The van der Waals surface area contributed by atoms with Crippen LogP contribution in [0, 0.1) is 5.92 Å². The zero-order valence-electron chi connectivity index (χ0n) is 11.8. The van der Waals surface area contributed by atoms with E-state index in [2.05, 4.69) is 9.62 Å². The second-order valence-corrected chi connectivity index (χ2v) is 6.79. The van der Waals surface area contributed by atoms with Crippen molar-refractivity contribution in [1.29, 1.82) is 0 Å². The zero-order valence-corrected chi connectivity index (χ0v) is 12.6. The van der Waals surface area contributed by atoms with Gasteiger partial charge in [0.2, 0.25) is 10.0 Å². The fraction of sp³-hybridized carbons (Fsp3) is 0.667. The highest BCUT2D eigenvalue weighted by Gasteiger charge is 2.26. The molecule has 1 aliphatic carbocycles. The van der Waals surface area contributed by atoms with Crippen LogP contribution in [0.4, 0.5) is 0 Å². The Morgan fingerprint density at radius 3 is 2.58 bits per heavy atom. The molecule has 0 heterocycles. The fourth-order valence-electron chi connectivity index (χ4n) is 1.88. The van der Waals surface area contributed by atoms with Crippen molar-refractivity contribution < 1.29 is 8.42 Å². The van der Waals surface area contributed by atoms with Crippen LogP contribution >= 0.6 is 0 Å². The maximum absolute atomic E-state index is 11.0. The number of hydrogen-bond donors (Lipinski definition) is 3. The summed E-state index contributed by atoms with van der Waals surface area (Å²) in [5, 5.41) is 0. The van der Waals surface area contributed by atoms with Gasteiger partial charge in [0.25, 0.3) is 0 Å². The van der Waals surface area contributed by atoms with Gasteiger partial charge in [0.1, 0.15) is 0 Å². The van der Waals surface area contributed by atoms with Crippen LogP contribution < -0.4 is 16.2 Å². The minimum Gasteiger partial charge on any atom is -0.371 e. The normalized spacial score (nSPS) is 22.2. The van der Waals surface area contributed by atoms with Gasteiger partial charge < -0.3 is 16.4 Å². The molecule has 0 amide bonds. The maximum atomic E-state index is 11.0. The average Bonchev–Trinajstić information content (AvgIpc) is 2.27. The molecule has 0 saturated heterocycles. The van der Waals surface area contributed by atoms with Crippen molar-refractivity contribution in [1.82, 2.24) is 9.62 Å². The first-order valence-corrected chi connectivity index (χ1v) is 8.23. The maximum Gasteiger partial charge on any atom is 0.208 e. The number of rotatable bonds is 6. The lowest BCUT2D eigenvalue weighted by atomic mass is 9.90. The van der Waals surface area contributed by atoms with E-state index in [1.807, 2.05) is 26.0 Å². The average molecular weight is 288 g/mol. The number of nitrogens with two attached hydrogens (primary N) is 2. The van der Waals surface area contributed by atoms with Crippen molar-refractivity contribution in [3.05, 3.63) is 23.9 Å². The van der Waals surface area contributed by atoms with E-state index < -0.39 is 15.7 Å². The van der Waals surface area contributed by atoms with E-state index in [-0.39, 0.29) is 5.92 Å². The standard InChI is InChI=1S/C12H24N4O2S/c1-4-16(8-7-15-19(3,17)18)11-5-6-12(13,14)10(2)9-11/h5-6,9-10,15H,4,7-8,13-14H2,1-3H3. The molecule has 7 heteroatoms. The first-order valence-electron chi connectivity index (χ1n) is 6.34. The second-order valence-electron chi connectivity index (χ2n) is 4.96. The van der Waals surface area contributed by atoms with Crippen LogP contribution in [-0.4, -0.2) is 44.9 Å². The molecule has 1 rings (SSSR count). The molecule has 5 N–H and O–H groups in total. The summed E-state index contributed by atoms with van der Waals surface area (Å²) in [6.45, 7) is 5.76. The number of sulfonamides is 1. The lowest BCUT2D eigenvalue weighted by Gasteiger charge is -2.33. The summed E-state index contributed by atoms with van der Waals surface area (Å²) in [4.78, 5) is 2.08. The number of nitrogens with zero attached hydrogens (tertiary/aromatic N) is 1. The van der Waals surface area contributed by atoms with Crippen molar-refractivity contribution in [3.8, 4) is 0 Å². The molecule has 1 atom stereocenters. The van der Waals surface area contributed by atoms with E-state index in [0.29, 0.717) is 13.1 Å². The van der Waals surface area contributed by atoms with E-state index in [4.69, 9.17) is 11.5 Å². The Hall–Kier alpha value is -0.890. The summed E-state index contributed by atoms with van der Waals surface area (Å²) in [5.74, 6) is 0.0319. The lowest BCUT2D eigenvalue weighted by molar-refractivity contribution is 0.354. The Labute approximate surface area is 115 Å². The quantitative estimate of drug-likeness (QED) is 0.575. The van der Waals surface area contributed by atoms with E-state index in [9.17, 15) is 8.42 Å². The summed E-state index contributed by atoms with van der Waals surface area (Å²) in [7, 11) is -3.14. The molecule has 0 aromatic rings. The molecule has 6 nitrogen and oxygen atoms in total. The van der Waals surface area contributed by atoms with Crippen molar-refractivity contribution >= 4 is 10.0 Å². The van der Waals surface area contributed by atoms with Crippen molar-refractivity contribution in [2.75, 3.05) is 25.9 Å². The van der Waals surface area contributed by atoms with Crippen LogP contribution in [0.15, 0.2) is 23.9 Å². The van der Waals surface area contributed by atoms with E-state index in [0.717, 1.165) is 18.5 Å². The summed E-state index contributed by atoms with van der Waals surface area (Å²) < 4.78 is 24.5. The summed E-state index contributed by atoms with van der Waals surface area (Å²) in [5.41, 5.74) is 12.1. The van der Waals surface area contributed by atoms with Gasteiger partial charge in [0, 0.05) is 31.2 Å². The van der Waals surface area contributed by atoms with Gasteiger partial charge in [-0.05, 0) is 19.1 Å². The Balaban J connectivity index is 2.64. The molecule has 0 fully saturated rings. The van der Waals surface area contributed by atoms with Crippen molar-refractivity contribution in [2.24, 2.45) is 17.4 Å². The Morgan fingerprint density at radius 1 is 1.47 bits per heavy atom. The van der Waals surface area contributed by atoms with E-state index >= 15 is 0 Å². The van der Waals surface area contributed by atoms with E-state index in [1.165, 1.54) is 0 Å². The summed E-state index contributed by atoms with van der Waals surface area (Å²) in [6.07, 6.45) is 6.86. The van der Waals surface area contributed by atoms with Gasteiger partial charge >= 0.3 is 0 Å². The molecular formula is C12H24N4O2S. The van der Waals surface area contributed by atoms with Gasteiger partial charge in [-0.2, -0.15) is 0 Å². The molecule has 110 valence electrons. The molecule has 0 radical (unpaired) electrons. The van der Waals surface area contributed by atoms with Gasteiger partial charge in [0.05, 0.1) is 11.9 Å². The van der Waals surface area contributed by atoms with Crippen LogP contribution in [-0.2, 0) is 10.0 Å². The zero-order chi connectivity index (χ0) is 14.7. The molecule has 19 heavy (non-hydrogen) atoms. The van der Waals surface area contributed by atoms with Crippen molar-refractivity contribution in [2.45, 2.75) is 19.5 Å². The Morgan fingerprint density at radius 2 is 2.11 bits per heavy atom. The highest BCUT2D eigenvalue weighted by Crippen LogP contribution is 2.22. The lowest BCUT2D eigenvalue weighted by Crippen LogP contribution is -2.53. The van der Waals surface area contributed by atoms with Crippen LogP contribution in [0.2, 0.25) is 0 Å². The van der Waals surface area contributed by atoms with Gasteiger partial charge in [0.15, 0.2) is 0 Å². The monoisotopic (exact) mass is 288 g/mol. The Bertz CT molecular complexity index is 468. The number of allylic oxidation sites excluding steroid dienone is 1. The summed E-state index contributed by atoms with van der Waals surface area (Å²) >= 11 is 0. The molecule has 0 aromatic carbocycles. The molecule has 0 aromatic heterocycles. The molecule has 0 aliphatic heterocycles.